The average Bonchev–Trinajstić information content (AvgIpc) is 1.86. The third-order valence-electron chi connectivity index (χ3n) is 1.32. The SMILES string of the molecule is FB(F)CC(CCCl)B(F)F. The summed E-state index contributed by atoms with van der Waals surface area (Å²) in [5, 5.41) is 0. The summed E-state index contributed by atoms with van der Waals surface area (Å²) in [7, 11) is -5.36. The van der Waals surface area contributed by atoms with Gasteiger partial charge < -0.3 is 0 Å². The van der Waals surface area contributed by atoms with E-state index in [2.05, 4.69) is 0 Å². The Hall–Kier alpha value is 0.140. The van der Waals surface area contributed by atoms with Crippen LogP contribution in [0.1, 0.15) is 6.42 Å². The lowest BCUT2D eigenvalue weighted by atomic mass is 9.66. The third-order valence-corrected chi connectivity index (χ3v) is 1.54. The summed E-state index contributed by atoms with van der Waals surface area (Å²) >= 11 is 5.15. The molecule has 1 unspecified atom stereocenters. The summed E-state index contributed by atoms with van der Waals surface area (Å²) in [6, 6.07) is 0. The lowest BCUT2D eigenvalue weighted by molar-refractivity contribution is 0.577. The van der Waals surface area contributed by atoms with Crippen molar-refractivity contribution >= 4 is 26.1 Å². The Labute approximate surface area is 68.6 Å². The van der Waals surface area contributed by atoms with E-state index >= 15 is 0 Å². The summed E-state index contributed by atoms with van der Waals surface area (Å²) in [6.07, 6.45) is -0.812. The predicted molar refractivity (Wildman–Crippen MR) is 39.8 cm³/mol. The molecule has 0 nitrogen and oxygen atoms in total. The molecule has 0 spiro atoms. The van der Waals surface area contributed by atoms with Crippen LogP contribution in [0.3, 0.4) is 0 Å². The second kappa shape index (κ2) is 5.75. The molecule has 0 rings (SSSR count). The lowest BCUT2D eigenvalue weighted by Crippen LogP contribution is -2.14. The van der Waals surface area contributed by atoms with Crippen LogP contribution in [0.25, 0.3) is 0 Å². The maximum Gasteiger partial charge on any atom is 0.540 e. The number of alkyl halides is 1. The van der Waals surface area contributed by atoms with Gasteiger partial charge in [-0.1, -0.05) is 0 Å². The summed E-state index contributed by atoms with van der Waals surface area (Å²) in [5.74, 6) is -1.26. The van der Waals surface area contributed by atoms with Crippen LogP contribution < -0.4 is 0 Å². The van der Waals surface area contributed by atoms with E-state index in [0.29, 0.717) is 0 Å². The highest BCUT2D eigenvalue weighted by atomic mass is 35.5. The number of rotatable bonds is 5. The van der Waals surface area contributed by atoms with E-state index in [9.17, 15) is 17.3 Å². The van der Waals surface area contributed by atoms with Gasteiger partial charge in [0.05, 0.1) is 0 Å². The molecule has 7 heteroatoms. The van der Waals surface area contributed by atoms with Gasteiger partial charge in [-0.3, -0.25) is 17.3 Å². The van der Waals surface area contributed by atoms with E-state index in [-0.39, 0.29) is 12.3 Å². The first-order valence-corrected chi connectivity index (χ1v) is 3.73. The molecule has 11 heavy (non-hydrogen) atoms. The Morgan fingerprint density at radius 2 is 1.73 bits per heavy atom. The van der Waals surface area contributed by atoms with Crippen molar-refractivity contribution in [2.24, 2.45) is 0 Å². The molecule has 0 aliphatic rings. The molecule has 0 N–H and O–H groups in total. The summed E-state index contributed by atoms with van der Waals surface area (Å²) < 4.78 is 46.9. The van der Waals surface area contributed by atoms with Gasteiger partial charge in [0.25, 0.3) is 0 Å². The number of hydrogen-bond donors (Lipinski definition) is 0. The lowest BCUT2D eigenvalue weighted by Gasteiger charge is -2.08. The van der Waals surface area contributed by atoms with E-state index in [0.717, 1.165) is 0 Å². The molecule has 64 valence electrons. The van der Waals surface area contributed by atoms with Gasteiger partial charge in [-0.2, -0.15) is 0 Å². The standard InChI is InChI=1S/C4H7B2ClF4/c7-2-1-4(6(10)11)3-5(8)9/h4H,1-3H2. The van der Waals surface area contributed by atoms with Gasteiger partial charge in [-0.25, -0.2) is 0 Å². The van der Waals surface area contributed by atoms with Crippen molar-refractivity contribution in [2.45, 2.75) is 18.6 Å². The summed E-state index contributed by atoms with van der Waals surface area (Å²) in [5.41, 5.74) is 0. The number of hydrogen-bond acceptors (Lipinski definition) is 0. The van der Waals surface area contributed by atoms with Gasteiger partial charge in [-0.15, -0.1) is 11.6 Å². The highest BCUT2D eigenvalue weighted by Crippen LogP contribution is 2.25. The van der Waals surface area contributed by atoms with E-state index in [4.69, 9.17) is 11.6 Å². The molecule has 0 aromatic heterocycles. The van der Waals surface area contributed by atoms with Gasteiger partial charge in [-0.05, 0) is 12.7 Å². The molecule has 0 saturated carbocycles. The van der Waals surface area contributed by atoms with Gasteiger partial charge in [0.2, 0.25) is 0 Å². The zero-order chi connectivity index (χ0) is 8.85. The summed E-state index contributed by atoms with van der Waals surface area (Å²) in [6.45, 7) is 0. The van der Waals surface area contributed by atoms with Gasteiger partial charge >= 0.3 is 14.5 Å². The second-order valence-electron chi connectivity index (χ2n) is 2.20. The minimum Gasteiger partial charge on any atom is -0.287 e. The van der Waals surface area contributed by atoms with Crippen molar-refractivity contribution in [3.63, 3.8) is 0 Å². The minimum atomic E-state index is -2.69. The second-order valence-corrected chi connectivity index (χ2v) is 2.58. The van der Waals surface area contributed by atoms with Gasteiger partial charge in [0.1, 0.15) is 0 Å². The van der Waals surface area contributed by atoms with Crippen LogP contribution in [0, 0.1) is 0 Å². The Kier molecular flexibility index (Phi) is 5.82. The van der Waals surface area contributed by atoms with Crippen LogP contribution >= 0.6 is 11.6 Å². The molecule has 0 bridgehead atoms. The topological polar surface area (TPSA) is 0 Å². The Morgan fingerprint density at radius 1 is 1.18 bits per heavy atom. The fraction of sp³-hybridized carbons (Fsp3) is 1.00. The van der Waals surface area contributed by atoms with Crippen molar-refractivity contribution in [1.82, 2.24) is 0 Å². The largest absolute Gasteiger partial charge is 0.540 e. The van der Waals surface area contributed by atoms with Gasteiger partial charge in [0, 0.05) is 11.7 Å². The molecular formula is C4H7B2ClF4. The molecule has 0 amide bonds. The first-order chi connectivity index (χ1) is 5.07. The molecule has 1 atom stereocenters. The monoisotopic (exact) mass is 188 g/mol. The number of halogens is 5. The molecular weight excluding hydrogens is 181 g/mol. The minimum absolute atomic E-state index is 0.00171. The predicted octanol–water partition coefficient (Wildman–Crippen LogP) is 2.84. The molecule has 0 radical (unpaired) electrons. The first-order valence-electron chi connectivity index (χ1n) is 3.20. The molecule has 0 heterocycles. The summed E-state index contributed by atoms with van der Waals surface area (Å²) in [4.78, 5) is 0. The zero-order valence-electron chi connectivity index (χ0n) is 5.74. The zero-order valence-corrected chi connectivity index (χ0v) is 6.50. The third kappa shape index (κ3) is 5.41. The van der Waals surface area contributed by atoms with Crippen LogP contribution in [0.15, 0.2) is 0 Å². The molecule has 0 saturated heterocycles. The fourth-order valence-corrected chi connectivity index (χ4v) is 0.996. The van der Waals surface area contributed by atoms with E-state index in [1.165, 1.54) is 0 Å². The molecule has 0 aliphatic heterocycles. The van der Waals surface area contributed by atoms with Crippen molar-refractivity contribution in [2.75, 3.05) is 5.88 Å². The molecule has 0 aromatic carbocycles. The van der Waals surface area contributed by atoms with Crippen molar-refractivity contribution < 1.29 is 17.3 Å². The normalized spacial score (nSPS) is 12.8. The smallest absolute Gasteiger partial charge is 0.287 e. The van der Waals surface area contributed by atoms with Crippen LogP contribution in [0.2, 0.25) is 12.1 Å². The maximum atomic E-state index is 11.9. The quantitative estimate of drug-likeness (QED) is 0.353. The Bertz CT molecular complexity index is 102. The highest BCUT2D eigenvalue weighted by Gasteiger charge is 2.32. The Morgan fingerprint density at radius 3 is 2.00 bits per heavy atom. The van der Waals surface area contributed by atoms with E-state index < -0.39 is 26.7 Å². The molecule has 0 aromatic rings. The maximum absolute atomic E-state index is 11.9. The van der Waals surface area contributed by atoms with Crippen LogP contribution in [-0.4, -0.2) is 20.4 Å². The van der Waals surface area contributed by atoms with Crippen LogP contribution in [0.4, 0.5) is 17.3 Å². The Balaban J connectivity index is 3.69. The average molecular weight is 188 g/mol. The van der Waals surface area contributed by atoms with Crippen molar-refractivity contribution in [3.05, 3.63) is 0 Å². The van der Waals surface area contributed by atoms with E-state index in [1.54, 1.807) is 0 Å². The van der Waals surface area contributed by atoms with E-state index in [1.807, 2.05) is 0 Å². The molecule has 0 aliphatic carbocycles. The first kappa shape index (κ1) is 11.1. The van der Waals surface area contributed by atoms with Crippen LogP contribution in [0.5, 0.6) is 0 Å². The molecule has 0 fully saturated rings. The fourth-order valence-electron chi connectivity index (χ4n) is 0.716. The van der Waals surface area contributed by atoms with Crippen LogP contribution in [-0.2, 0) is 0 Å². The van der Waals surface area contributed by atoms with Crippen molar-refractivity contribution in [3.8, 4) is 0 Å². The van der Waals surface area contributed by atoms with Crippen molar-refractivity contribution in [1.29, 1.82) is 0 Å². The highest BCUT2D eigenvalue weighted by molar-refractivity contribution is 6.50. The van der Waals surface area contributed by atoms with Gasteiger partial charge in [0.15, 0.2) is 0 Å².